The smallest absolute Gasteiger partial charge is 0.325 e. The van der Waals surface area contributed by atoms with E-state index in [1.165, 1.54) is 11.3 Å². The summed E-state index contributed by atoms with van der Waals surface area (Å²) >= 11 is 1.43. The maximum absolute atomic E-state index is 11.6. The van der Waals surface area contributed by atoms with E-state index in [1.54, 1.807) is 30.5 Å². The van der Waals surface area contributed by atoms with Gasteiger partial charge in [0.2, 0.25) is 0 Å². The lowest BCUT2D eigenvalue weighted by Gasteiger charge is -2.05. The SMILES string of the molecule is Cc1cnc(NC(=O)Nc2ccc(N)cc2)s1. The first-order chi connectivity index (χ1) is 8.13. The van der Waals surface area contributed by atoms with Gasteiger partial charge >= 0.3 is 6.03 Å². The van der Waals surface area contributed by atoms with E-state index >= 15 is 0 Å². The highest BCUT2D eigenvalue weighted by Gasteiger charge is 2.04. The van der Waals surface area contributed by atoms with Crippen molar-refractivity contribution < 1.29 is 4.79 Å². The molecule has 0 aliphatic rings. The molecule has 0 fully saturated rings. The van der Waals surface area contributed by atoms with Crippen molar-refractivity contribution in [2.75, 3.05) is 16.4 Å². The lowest BCUT2D eigenvalue weighted by Crippen LogP contribution is -2.19. The topological polar surface area (TPSA) is 80.0 Å². The van der Waals surface area contributed by atoms with E-state index in [4.69, 9.17) is 5.73 Å². The summed E-state index contributed by atoms with van der Waals surface area (Å²) in [4.78, 5) is 16.7. The predicted molar refractivity (Wildman–Crippen MR) is 70.3 cm³/mol. The largest absolute Gasteiger partial charge is 0.399 e. The molecule has 0 radical (unpaired) electrons. The Labute approximate surface area is 103 Å². The first-order valence-electron chi connectivity index (χ1n) is 4.99. The van der Waals surface area contributed by atoms with Crippen LogP contribution in [0.4, 0.5) is 21.3 Å². The van der Waals surface area contributed by atoms with Crippen LogP contribution in [-0.4, -0.2) is 11.0 Å². The van der Waals surface area contributed by atoms with E-state index < -0.39 is 0 Å². The van der Waals surface area contributed by atoms with Gasteiger partial charge in [0.05, 0.1) is 0 Å². The number of rotatable bonds is 2. The van der Waals surface area contributed by atoms with Gasteiger partial charge in [-0.3, -0.25) is 5.32 Å². The molecule has 0 aliphatic carbocycles. The third-order valence-electron chi connectivity index (χ3n) is 2.01. The van der Waals surface area contributed by atoms with Crippen LogP contribution in [0.5, 0.6) is 0 Å². The number of hydrogen-bond donors (Lipinski definition) is 3. The van der Waals surface area contributed by atoms with Crippen LogP contribution in [0.15, 0.2) is 30.5 Å². The average molecular weight is 248 g/mol. The van der Waals surface area contributed by atoms with Crippen LogP contribution in [0.3, 0.4) is 0 Å². The van der Waals surface area contributed by atoms with E-state index in [-0.39, 0.29) is 6.03 Å². The lowest BCUT2D eigenvalue weighted by molar-refractivity contribution is 0.262. The van der Waals surface area contributed by atoms with Crippen LogP contribution in [0.1, 0.15) is 4.88 Å². The molecule has 1 aromatic heterocycles. The minimum Gasteiger partial charge on any atom is -0.399 e. The number of thiazole rings is 1. The number of aryl methyl sites for hydroxylation is 1. The number of nitrogens with two attached hydrogens (primary N) is 1. The van der Waals surface area contributed by atoms with Crippen molar-refractivity contribution in [1.29, 1.82) is 0 Å². The Morgan fingerprint density at radius 2 is 2.00 bits per heavy atom. The van der Waals surface area contributed by atoms with Gasteiger partial charge in [-0.25, -0.2) is 9.78 Å². The van der Waals surface area contributed by atoms with E-state index in [0.29, 0.717) is 16.5 Å². The summed E-state index contributed by atoms with van der Waals surface area (Å²) in [6.45, 7) is 1.93. The van der Waals surface area contributed by atoms with Crippen molar-refractivity contribution in [2.45, 2.75) is 6.92 Å². The molecule has 1 aromatic carbocycles. The Kier molecular flexibility index (Phi) is 3.24. The second kappa shape index (κ2) is 4.84. The zero-order chi connectivity index (χ0) is 12.3. The number of amides is 2. The Morgan fingerprint density at radius 3 is 2.59 bits per heavy atom. The Balaban J connectivity index is 1.95. The first-order valence-corrected chi connectivity index (χ1v) is 5.81. The molecule has 17 heavy (non-hydrogen) atoms. The number of nitrogen functional groups attached to an aromatic ring is 1. The number of hydrogen-bond acceptors (Lipinski definition) is 4. The third kappa shape index (κ3) is 3.18. The quantitative estimate of drug-likeness (QED) is 0.715. The van der Waals surface area contributed by atoms with Gasteiger partial charge in [0.1, 0.15) is 0 Å². The molecule has 2 amide bonds. The number of nitrogens with zero attached hydrogens (tertiary/aromatic N) is 1. The van der Waals surface area contributed by atoms with Gasteiger partial charge < -0.3 is 11.1 Å². The maximum atomic E-state index is 11.6. The highest BCUT2D eigenvalue weighted by atomic mass is 32.1. The van der Waals surface area contributed by atoms with Crippen molar-refractivity contribution in [3.05, 3.63) is 35.3 Å². The van der Waals surface area contributed by atoms with E-state index in [0.717, 1.165) is 4.88 Å². The summed E-state index contributed by atoms with van der Waals surface area (Å²) in [6.07, 6.45) is 1.71. The summed E-state index contributed by atoms with van der Waals surface area (Å²) in [5.74, 6) is 0. The average Bonchev–Trinajstić information content (AvgIpc) is 2.67. The molecule has 0 unspecified atom stereocenters. The molecular formula is C11H12N4OS. The molecule has 5 nitrogen and oxygen atoms in total. The highest BCUT2D eigenvalue weighted by molar-refractivity contribution is 7.15. The van der Waals surface area contributed by atoms with Crippen molar-refractivity contribution in [3.63, 3.8) is 0 Å². The number of carbonyl (C=O) groups excluding carboxylic acids is 1. The molecule has 2 aromatic rings. The Morgan fingerprint density at radius 1 is 1.29 bits per heavy atom. The summed E-state index contributed by atoms with van der Waals surface area (Å²) in [7, 11) is 0. The zero-order valence-electron chi connectivity index (χ0n) is 9.23. The van der Waals surface area contributed by atoms with Crippen LogP contribution in [0.25, 0.3) is 0 Å². The Hall–Kier alpha value is -2.08. The van der Waals surface area contributed by atoms with Crippen molar-refractivity contribution in [2.24, 2.45) is 0 Å². The molecule has 2 rings (SSSR count). The van der Waals surface area contributed by atoms with Crippen LogP contribution in [0, 0.1) is 6.92 Å². The van der Waals surface area contributed by atoms with Crippen LogP contribution < -0.4 is 16.4 Å². The molecule has 0 aliphatic heterocycles. The molecule has 6 heteroatoms. The summed E-state index contributed by atoms with van der Waals surface area (Å²) in [5, 5.41) is 5.92. The summed E-state index contributed by atoms with van der Waals surface area (Å²) in [5.41, 5.74) is 6.89. The fraction of sp³-hybridized carbons (Fsp3) is 0.0909. The molecule has 0 bridgehead atoms. The molecule has 0 saturated carbocycles. The van der Waals surface area contributed by atoms with Gasteiger partial charge in [-0.15, -0.1) is 11.3 Å². The predicted octanol–water partition coefficient (Wildman–Crippen LogP) is 2.68. The molecule has 0 spiro atoms. The normalized spacial score (nSPS) is 9.94. The lowest BCUT2D eigenvalue weighted by atomic mass is 10.3. The molecule has 0 saturated heterocycles. The fourth-order valence-corrected chi connectivity index (χ4v) is 1.90. The number of nitrogens with one attached hydrogen (secondary N) is 2. The van der Waals surface area contributed by atoms with Crippen LogP contribution in [0.2, 0.25) is 0 Å². The van der Waals surface area contributed by atoms with Gasteiger partial charge in [0.25, 0.3) is 0 Å². The number of carbonyl (C=O) groups is 1. The van der Waals surface area contributed by atoms with E-state index in [2.05, 4.69) is 15.6 Å². The molecule has 0 atom stereocenters. The number of urea groups is 1. The minimum atomic E-state index is -0.316. The molecule has 4 N–H and O–H groups in total. The van der Waals surface area contributed by atoms with E-state index in [9.17, 15) is 4.79 Å². The summed E-state index contributed by atoms with van der Waals surface area (Å²) < 4.78 is 0. The monoisotopic (exact) mass is 248 g/mol. The Bertz CT molecular complexity index is 521. The van der Waals surface area contributed by atoms with Gasteiger partial charge in [0.15, 0.2) is 5.13 Å². The van der Waals surface area contributed by atoms with Crippen molar-refractivity contribution >= 4 is 33.9 Å². The van der Waals surface area contributed by atoms with Gasteiger partial charge in [-0.1, -0.05) is 0 Å². The van der Waals surface area contributed by atoms with Gasteiger partial charge in [0, 0.05) is 22.4 Å². The van der Waals surface area contributed by atoms with Crippen molar-refractivity contribution in [1.82, 2.24) is 4.98 Å². The fourth-order valence-electron chi connectivity index (χ4n) is 1.24. The third-order valence-corrected chi connectivity index (χ3v) is 2.84. The maximum Gasteiger partial charge on any atom is 0.325 e. The zero-order valence-corrected chi connectivity index (χ0v) is 10.0. The number of benzene rings is 1. The first kappa shape index (κ1) is 11.4. The van der Waals surface area contributed by atoms with Crippen LogP contribution >= 0.6 is 11.3 Å². The van der Waals surface area contributed by atoms with Crippen molar-refractivity contribution in [3.8, 4) is 0 Å². The second-order valence-corrected chi connectivity index (χ2v) is 4.71. The summed E-state index contributed by atoms with van der Waals surface area (Å²) in [6, 6.07) is 6.61. The van der Waals surface area contributed by atoms with Gasteiger partial charge in [-0.2, -0.15) is 0 Å². The molecular weight excluding hydrogens is 236 g/mol. The van der Waals surface area contributed by atoms with Crippen LogP contribution in [-0.2, 0) is 0 Å². The standard InChI is InChI=1S/C11H12N4OS/c1-7-6-13-11(17-7)15-10(16)14-9-4-2-8(12)3-5-9/h2-6H,12H2,1H3,(H2,13,14,15,16). The minimum absolute atomic E-state index is 0.316. The second-order valence-electron chi connectivity index (χ2n) is 3.48. The number of aromatic nitrogens is 1. The molecule has 1 heterocycles. The molecule has 88 valence electrons. The van der Waals surface area contributed by atoms with E-state index in [1.807, 2.05) is 6.92 Å². The van der Waals surface area contributed by atoms with Gasteiger partial charge in [-0.05, 0) is 31.2 Å². The number of anilines is 3. The highest BCUT2D eigenvalue weighted by Crippen LogP contribution is 2.17.